The zero-order chi connectivity index (χ0) is 14.7. The monoisotopic (exact) mass is 287 g/mol. The molecule has 21 heavy (non-hydrogen) atoms. The number of nitrogens with one attached hydrogen (secondary N) is 1. The molecule has 1 aliphatic rings. The molecule has 0 aliphatic heterocycles. The Labute approximate surface area is 125 Å². The molecule has 1 fully saturated rings. The molecular weight excluding hydrogens is 265 g/mol. The summed E-state index contributed by atoms with van der Waals surface area (Å²) in [6.45, 7) is 2.26. The molecule has 1 aliphatic carbocycles. The van der Waals surface area contributed by atoms with Crippen LogP contribution in [0.4, 0.5) is 4.39 Å². The molecule has 1 atom stereocenters. The van der Waals surface area contributed by atoms with E-state index in [4.69, 9.17) is 4.74 Å². The molecule has 1 N–H and O–H groups in total. The number of benzene rings is 2. The molecule has 0 heterocycles. The van der Waals surface area contributed by atoms with Crippen LogP contribution in [0, 0.1) is 0 Å². The summed E-state index contributed by atoms with van der Waals surface area (Å²) >= 11 is 0. The molecule has 112 valence electrons. The standard InChI is InChI=1S/C18H22FNO/c1-13(20-15-8-9-15)16-10-7-14-5-2-3-6-17(14)18(16)21-12-4-11-19/h2-3,5-7,10,13,15,20H,4,8-9,11-12H2,1H3. The molecule has 1 unspecified atom stereocenters. The smallest absolute Gasteiger partial charge is 0.131 e. The van der Waals surface area contributed by atoms with E-state index in [-0.39, 0.29) is 12.7 Å². The first-order valence-corrected chi connectivity index (χ1v) is 7.76. The summed E-state index contributed by atoms with van der Waals surface area (Å²) in [4.78, 5) is 0. The zero-order valence-electron chi connectivity index (χ0n) is 12.4. The van der Waals surface area contributed by atoms with Crippen LogP contribution in [0.3, 0.4) is 0 Å². The molecule has 0 saturated heterocycles. The van der Waals surface area contributed by atoms with Crippen LogP contribution in [-0.2, 0) is 0 Å². The lowest BCUT2D eigenvalue weighted by molar-refractivity contribution is 0.288. The lowest BCUT2D eigenvalue weighted by Gasteiger charge is -2.20. The predicted octanol–water partition coefficient (Wildman–Crippen LogP) is 4.39. The van der Waals surface area contributed by atoms with E-state index in [9.17, 15) is 4.39 Å². The van der Waals surface area contributed by atoms with E-state index < -0.39 is 0 Å². The maximum Gasteiger partial charge on any atom is 0.131 e. The molecule has 3 rings (SSSR count). The second-order valence-electron chi connectivity index (χ2n) is 5.76. The molecule has 2 aromatic carbocycles. The Bertz CT molecular complexity index is 609. The number of hydrogen-bond donors (Lipinski definition) is 1. The first-order chi connectivity index (χ1) is 10.3. The highest BCUT2D eigenvalue weighted by Crippen LogP contribution is 2.35. The second-order valence-corrected chi connectivity index (χ2v) is 5.76. The van der Waals surface area contributed by atoms with Gasteiger partial charge in [0.05, 0.1) is 13.3 Å². The van der Waals surface area contributed by atoms with Crippen LogP contribution in [0.2, 0.25) is 0 Å². The van der Waals surface area contributed by atoms with Crippen molar-refractivity contribution < 1.29 is 9.13 Å². The van der Waals surface area contributed by atoms with Gasteiger partial charge < -0.3 is 10.1 Å². The first kappa shape index (κ1) is 14.3. The fourth-order valence-corrected chi connectivity index (χ4v) is 2.68. The number of halogens is 1. The van der Waals surface area contributed by atoms with Gasteiger partial charge >= 0.3 is 0 Å². The first-order valence-electron chi connectivity index (χ1n) is 7.76. The van der Waals surface area contributed by atoms with E-state index in [0.717, 1.165) is 16.5 Å². The van der Waals surface area contributed by atoms with Gasteiger partial charge in [-0.2, -0.15) is 0 Å². The number of hydrogen-bond acceptors (Lipinski definition) is 2. The topological polar surface area (TPSA) is 21.3 Å². The van der Waals surface area contributed by atoms with Crippen molar-refractivity contribution in [1.82, 2.24) is 5.32 Å². The van der Waals surface area contributed by atoms with Gasteiger partial charge in [-0.25, -0.2) is 0 Å². The predicted molar refractivity (Wildman–Crippen MR) is 84.6 cm³/mol. The number of ether oxygens (including phenoxy) is 1. The molecule has 2 aromatic rings. The van der Waals surface area contributed by atoms with E-state index in [1.165, 1.54) is 18.4 Å². The number of rotatable bonds is 7. The van der Waals surface area contributed by atoms with Crippen molar-refractivity contribution in [2.75, 3.05) is 13.3 Å². The minimum absolute atomic E-state index is 0.252. The van der Waals surface area contributed by atoms with Crippen LogP contribution in [0.25, 0.3) is 10.8 Å². The molecule has 1 saturated carbocycles. The summed E-state index contributed by atoms with van der Waals surface area (Å²) in [7, 11) is 0. The average Bonchev–Trinajstić information content (AvgIpc) is 3.31. The van der Waals surface area contributed by atoms with Crippen LogP contribution in [-0.4, -0.2) is 19.3 Å². The van der Waals surface area contributed by atoms with Crippen molar-refractivity contribution in [3.63, 3.8) is 0 Å². The number of alkyl halides is 1. The zero-order valence-corrected chi connectivity index (χ0v) is 12.4. The van der Waals surface area contributed by atoms with Gasteiger partial charge in [0.15, 0.2) is 0 Å². The lowest BCUT2D eigenvalue weighted by atomic mass is 10.0. The highest BCUT2D eigenvalue weighted by atomic mass is 19.1. The fraction of sp³-hybridized carbons (Fsp3) is 0.444. The maximum atomic E-state index is 12.4. The van der Waals surface area contributed by atoms with E-state index in [0.29, 0.717) is 19.1 Å². The quantitative estimate of drug-likeness (QED) is 0.762. The summed E-state index contributed by atoms with van der Waals surface area (Å²) in [5.74, 6) is 0.905. The van der Waals surface area contributed by atoms with Crippen LogP contribution in [0.15, 0.2) is 36.4 Å². The Morgan fingerprint density at radius 3 is 2.81 bits per heavy atom. The Morgan fingerprint density at radius 1 is 1.24 bits per heavy atom. The minimum Gasteiger partial charge on any atom is -0.492 e. The van der Waals surface area contributed by atoms with Crippen LogP contribution < -0.4 is 10.1 Å². The third kappa shape index (κ3) is 3.35. The van der Waals surface area contributed by atoms with Crippen LogP contribution in [0.5, 0.6) is 5.75 Å². The third-order valence-corrected chi connectivity index (χ3v) is 3.96. The number of fused-ring (bicyclic) bond motifs is 1. The van der Waals surface area contributed by atoms with Gasteiger partial charge in [0.1, 0.15) is 5.75 Å². The van der Waals surface area contributed by atoms with Crippen molar-refractivity contribution >= 4 is 10.8 Å². The summed E-state index contributed by atoms with van der Waals surface area (Å²) in [6, 6.07) is 13.4. The second kappa shape index (κ2) is 6.44. The largest absolute Gasteiger partial charge is 0.492 e. The summed E-state index contributed by atoms with van der Waals surface area (Å²) in [6.07, 6.45) is 2.96. The van der Waals surface area contributed by atoms with E-state index >= 15 is 0 Å². The maximum absolute atomic E-state index is 12.4. The Balaban J connectivity index is 1.93. The Hall–Kier alpha value is -1.61. The Morgan fingerprint density at radius 2 is 2.05 bits per heavy atom. The van der Waals surface area contributed by atoms with Crippen LogP contribution in [0.1, 0.15) is 37.8 Å². The van der Waals surface area contributed by atoms with Gasteiger partial charge in [0, 0.05) is 29.5 Å². The summed E-state index contributed by atoms with van der Waals surface area (Å²) in [5, 5.41) is 5.88. The molecular formula is C18H22FNO. The van der Waals surface area contributed by atoms with Crippen molar-refractivity contribution in [2.45, 2.75) is 38.3 Å². The summed E-state index contributed by atoms with van der Waals surface area (Å²) in [5.41, 5.74) is 1.17. The van der Waals surface area contributed by atoms with Gasteiger partial charge in [-0.05, 0) is 25.2 Å². The SMILES string of the molecule is CC(NC1CC1)c1ccc2ccccc2c1OCCCF. The molecule has 0 aromatic heterocycles. The van der Waals surface area contributed by atoms with Crippen molar-refractivity contribution in [3.05, 3.63) is 42.0 Å². The van der Waals surface area contributed by atoms with E-state index in [2.05, 4.69) is 36.5 Å². The lowest BCUT2D eigenvalue weighted by Crippen LogP contribution is -2.21. The van der Waals surface area contributed by atoms with E-state index in [1.54, 1.807) is 0 Å². The average molecular weight is 287 g/mol. The van der Waals surface area contributed by atoms with Gasteiger partial charge in [0.2, 0.25) is 0 Å². The normalized spacial score (nSPS) is 16.1. The molecule has 0 radical (unpaired) electrons. The fourth-order valence-electron chi connectivity index (χ4n) is 2.68. The van der Waals surface area contributed by atoms with E-state index in [1.807, 2.05) is 12.1 Å². The Kier molecular flexibility index (Phi) is 4.39. The molecule has 0 amide bonds. The third-order valence-electron chi connectivity index (χ3n) is 3.96. The van der Waals surface area contributed by atoms with Crippen molar-refractivity contribution in [2.24, 2.45) is 0 Å². The van der Waals surface area contributed by atoms with Gasteiger partial charge in [-0.15, -0.1) is 0 Å². The van der Waals surface area contributed by atoms with Crippen molar-refractivity contribution in [1.29, 1.82) is 0 Å². The minimum atomic E-state index is -0.337. The molecule has 2 nitrogen and oxygen atoms in total. The highest BCUT2D eigenvalue weighted by Gasteiger charge is 2.25. The highest BCUT2D eigenvalue weighted by molar-refractivity contribution is 5.89. The van der Waals surface area contributed by atoms with Crippen molar-refractivity contribution in [3.8, 4) is 5.75 Å². The molecule has 3 heteroatoms. The van der Waals surface area contributed by atoms with Crippen LogP contribution >= 0.6 is 0 Å². The van der Waals surface area contributed by atoms with Gasteiger partial charge in [0.25, 0.3) is 0 Å². The van der Waals surface area contributed by atoms with Gasteiger partial charge in [-0.3, -0.25) is 4.39 Å². The summed E-state index contributed by atoms with van der Waals surface area (Å²) < 4.78 is 18.3. The molecule has 0 bridgehead atoms. The van der Waals surface area contributed by atoms with Gasteiger partial charge in [-0.1, -0.05) is 36.4 Å². The molecule has 0 spiro atoms.